The van der Waals surface area contributed by atoms with Crippen molar-refractivity contribution in [2.45, 2.75) is 12.1 Å². The maximum Gasteiger partial charge on any atom is 0.277 e. The quantitative estimate of drug-likeness (QED) is 0.879. The molecule has 18 heavy (non-hydrogen) atoms. The summed E-state index contributed by atoms with van der Waals surface area (Å²) in [6, 6.07) is 2.97. The molecule has 2 N–H and O–H groups in total. The molecule has 1 heterocycles. The Morgan fingerprint density at radius 2 is 1.83 bits per heavy atom. The molecule has 2 rings (SSSR count). The first-order valence-corrected chi connectivity index (χ1v) is 6.66. The van der Waals surface area contributed by atoms with Crippen LogP contribution in [-0.4, -0.2) is 25.8 Å². The van der Waals surface area contributed by atoms with Gasteiger partial charge in [-0.25, -0.2) is 18.3 Å². The van der Waals surface area contributed by atoms with Crippen LogP contribution in [0.4, 0.5) is 13.2 Å². The van der Waals surface area contributed by atoms with E-state index in [2.05, 4.69) is 0 Å². The lowest BCUT2D eigenvalue weighted by Gasteiger charge is -2.21. The third-order valence-electron chi connectivity index (χ3n) is 2.96. The van der Waals surface area contributed by atoms with Crippen LogP contribution in [0, 0.1) is 11.6 Å². The average molecular weight is 280 g/mol. The van der Waals surface area contributed by atoms with E-state index in [1.54, 1.807) is 0 Å². The van der Waals surface area contributed by atoms with Gasteiger partial charge in [0.25, 0.3) is 10.2 Å². The number of hydrogen-bond donors (Lipinski definition) is 1. The lowest BCUT2D eigenvalue weighted by molar-refractivity contribution is 0.170. The third kappa shape index (κ3) is 2.23. The number of benzene rings is 1. The van der Waals surface area contributed by atoms with Crippen LogP contribution in [0.1, 0.15) is 12.0 Å². The minimum atomic E-state index is -4.06. The molecule has 0 amide bonds. The Balaban J connectivity index is 2.40. The largest absolute Gasteiger partial charge is 0.277 e. The maximum absolute atomic E-state index is 14.5. The van der Waals surface area contributed by atoms with Crippen LogP contribution >= 0.6 is 0 Å². The fourth-order valence-corrected chi connectivity index (χ4v) is 2.82. The van der Waals surface area contributed by atoms with Gasteiger partial charge < -0.3 is 0 Å². The van der Waals surface area contributed by atoms with Gasteiger partial charge in [0.2, 0.25) is 0 Å². The summed E-state index contributed by atoms with van der Waals surface area (Å²) in [4.78, 5) is 0. The molecule has 0 aromatic heterocycles. The van der Waals surface area contributed by atoms with Crippen molar-refractivity contribution in [2.75, 3.05) is 13.1 Å². The highest BCUT2D eigenvalue weighted by Crippen LogP contribution is 2.39. The third-order valence-corrected chi connectivity index (χ3v) is 3.99. The van der Waals surface area contributed by atoms with Gasteiger partial charge in [-0.15, -0.1) is 0 Å². The van der Waals surface area contributed by atoms with E-state index in [0.717, 1.165) is 18.2 Å². The van der Waals surface area contributed by atoms with E-state index in [1.807, 2.05) is 0 Å². The van der Waals surface area contributed by atoms with E-state index in [9.17, 15) is 21.6 Å². The Morgan fingerprint density at radius 1 is 1.28 bits per heavy atom. The summed E-state index contributed by atoms with van der Waals surface area (Å²) in [5.41, 5.74) is -3.13. The zero-order chi connectivity index (χ0) is 13.6. The smallest absolute Gasteiger partial charge is 0.237 e. The van der Waals surface area contributed by atoms with Crippen LogP contribution in [0.2, 0.25) is 0 Å². The fourth-order valence-electron chi connectivity index (χ4n) is 2.09. The maximum atomic E-state index is 14.5. The van der Waals surface area contributed by atoms with Crippen LogP contribution in [0.15, 0.2) is 18.2 Å². The van der Waals surface area contributed by atoms with Gasteiger partial charge in [-0.3, -0.25) is 0 Å². The first-order chi connectivity index (χ1) is 8.24. The molecule has 1 aromatic rings. The molecule has 1 atom stereocenters. The minimum Gasteiger partial charge on any atom is -0.237 e. The predicted molar refractivity (Wildman–Crippen MR) is 58.4 cm³/mol. The Morgan fingerprint density at radius 3 is 2.28 bits per heavy atom. The predicted octanol–water partition coefficient (Wildman–Crippen LogP) is 1.04. The second-order valence-corrected chi connectivity index (χ2v) is 5.74. The molecule has 1 unspecified atom stereocenters. The summed E-state index contributed by atoms with van der Waals surface area (Å²) < 4.78 is 64.3. The van der Waals surface area contributed by atoms with Crippen molar-refractivity contribution in [3.8, 4) is 0 Å². The normalized spacial score (nSPS) is 25.6. The number of nitrogens with two attached hydrogens (primary N) is 1. The molecule has 100 valence electrons. The van der Waals surface area contributed by atoms with Gasteiger partial charge in [0.15, 0.2) is 5.67 Å². The van der Waals surface area contributed by atoms with Crippen LogP contribution in [0.3, 0.4) is 0 Å². The second kappa shape index (κ2) is 4.22. The van der Waals surface area contributed by atoms with Crippen molar-refractivity contribution in [1.29, 1.82) is 0 Å². The van der Waals surface area contributed by atoms with E-state index in [0.29, 0.717) is 4.31 Å². The van der Waals surface area contributed by atoms with Crippen LogP contribution < -0.4 is 5.14 Å². The highest BCUT2D eigenvalue weighted by molar-refractivity contribution is 7.86. The molecule has 4 nitrogen and oxygen atoms in total. The molecule has 0 aliphatic carbocycles. The Bertz CT molecular complexity index is 558. The van der Waals surface area contributed by atoms with E-state index < -0.39 is 39.6 Å². The fraction of sp³-hybridized carbons (Fsp3) is 0.400. The van der Waals surface area contributed by atoms with E-state index in [4.69, 9.17) is 5.14 Å². The Hall–Kier alpha value is -1.12. The molecular weight excluding hydrogens is 269 g/mol. The zero-order valence-electron chi connectivity index (χ0n) is 9.24. The number of alkyl halides is 1. The standard InChI is InChI=1S/C10H11F3N2O2S/c11-7-2-1-3-8(12)9(7)10(13)4-5-15(6-10)18(14,16)17/h1-3H,4-6H2,(H2,14,16,17). The van der Waals surface area contributed by atoms with Crippen molar-refractivity contribution in [1.82, 2.24) is 4.31 Å². The van der Waals surface area contributed by atoms with Gasteiger partial charge in [0, 0.05) is 13.0 Å². The van der Waals surface area contributed by atoms with Crippen LogP contribution in [-0.2, 0) is 15.9 Å². The van der Waals surface area contributed by atoms with Gasteiger partial charge in [-0.1, -0.05) is 6.07 Å². The van der Waals surface area contributed by atoms with E-state index >= 15 is 0 Å². The number of halogens is 3. The molecule has 0 saturated carbocycles. The lowest BCUT2D eigenvalue weighted by Crippen LogP contribution is -2.37. The molecule has 1 fully saturated rings. The molecule has 1 aromatic carbocycles. The van der Waals surface area contributed by atoms with Crippen molar-refractivity contribution in [2.24, 2.45) is 5.14 Å². The van der Waals surface area contributed by atoms with Gasteiger partial charge in [-0.2, -0.15) is 12.7 Å². The highest BCUT2D eigenvalue weighted by Gasteiger charge is 2.46. The summed E-state index contributed by atoms with van der Waals surface area (Å²) in [6.07, 6.45) is -0.332. The minimum absolute atomic E-state index is 0.205. The first kappa shape index (κ1) is 13.3. The Kier molecular flexibility index (Phi) is 3.12. The monoisotopic (exact) mass is 280 g/mol. The molecule has 0 radical (unpaired) electrons. The van der Waals surface area contributed by atoms with Gasteiger partial charge >= 0.3 is 0 Å². The first-order valence-electron chi connectivity index (χ1n) is 5.15. The topological polar surface area (TPSA) is 63.4 Å². The summed E-state index contributed by atoms with van der Waals surface area (Å²) >= 11 is 0. The molecule has 0 spiro atoms. The summed E-state index contributed by atoms with van der Waals surface area (Å²) in [5.74, 6) is -2.07. The number of hydrogen-bond acceptors (Lipinski definition) is 2. The van der Waals surface area contributed by atoms with Crippen LogP contribution in [0.5, 0.6) is 0 Å². The van der Waals surface area contributed by atoms with E-state index in [-0.39, 0.29) is 13.0 Å². The summed E-state index contributed by atoms with van der Waals surface area (Å²) in [7, 11) is -4.06. The van der Waals surface area contributed by atoms with Crippen LogP contribution in [0.25, 0.3) is 0 Å². The highest BCUT2D eigenvalue weighted by atomic mass is 32.2. The van der Waals surface area contributed by atoms with Gasteiger partial charge in [0.05, 0.1) is 12.1 Å². The summed E-state index contributed by atoms with van der Waals surface area (Å²) in [6.45, 7) is -0.882. The van der Waals surface area contributed by atoms with Crippen molar-refractivity contribution >= 4 is 10.2 Å². The molecular formula is C10H11F3N2O2S. The van der Waals surface area contributed by atoms with Crippen molar-refractivity contribution in [3.63, 3.8) is 0 Å². The Labute approximate surface area is 102 Å². The SMILES string of the molecule is NS(=O)(=O)N1CCC(F)(c2c(F)cccc2F)C1. The van der Waals surface area contributed by atoms with Crippen molar-refractivity contribution in [3.05, 3.63) is 35.4 Å². The summed E-state index contributed by atoms with van der Waals surface area (Å²) in [5, 5.41) is 4.86. The lowest BCUT2D eigenvalue weighted by atomic mass is 9.94. The van der Waals surface area contributed by atoms with E-state index in [1.165, 1.54) is 0 Å². The molecule has 1 saturated heterocycles. The molecule has 0 bridgehead atoms. The number of nitrogens with zero attached hydrogens (tertiary/aromatic N) is 1. The molecule has 1 aliphatic heterocycles. The number of rotatable bonds is 2. The van der Waals surface area contributed by atoms with Gasteiger partial charge in [0.1, 0.15) is 11.6 Å². The average Bonchev–Trinajstić information content (AvgIpc) is 2.60. The molecule has 8 heteroatoms. The molecule has 1 aliphatic rings. The second-order valence-electron chi connectivity index (χ2n) is 4.19. The van der Waals surface area contributed by atoms with Crippen molar-refractivity contribution < 1.29 is 21.6 Å². The zero-order valence-corrected chi connectivity index (χ0v) is 10.1. The van der Waals surface area contributed by atoms with Gasteiger partial charge in [-0.05, 0) is 12.1 Å².